The first-order chi connectivity index (χ1) is 11.7. The Hall–Kier alpha value is -2.78. The number of nitrogens with one attached hydrogen (secondary N) is 1. The first-order valence-electron chi connectivity index (χ1n) is 8.04. The van der Waals surface area contributed by atoms with Crippen molar-refractivity contribution in [1.29, 1.82) is 0 Å². The second-order valence-corrected chi connectivity index (χ2v) is 6.16. The van der Waals surface area contributed by atoms with Crippen LogP contribution in [0.3, 0.4) is 0 Å². The van der Waals surface area contributed by atoms with E-state index in [1.165, 1.54) is 11.0 Å². The zero-order valence-corrected chi connectivity index (χ0v) is 13.1. The van der Waals surface area contributed by atoms with Gasteiger partial charge in [0.25, 0.3) is 5.91 Å². The van der Waals surface area contributed by atoms with Crippen molar-refractivity contribution in [3.8, 4) is 0 Å². The molecule has 1 aliphatic heterocycles. The van der Waals surface area contributed by atoms with Gasteiger partial charge < -0.3 is 9.80 Å². The third-order valence-electron chi connectivity index (χ3n) is 4.44. The predicted molar refractivity (Wildman–Crippen MR) is 80.9 cm³/mol. The van der Waals surface area contributed by atoms with Crippen LogP contribution in [0.4, 0.5) is 0 Å². The first kappa shape index (κ1) is 14.8. The summed E-state index contributed by atoms with van der Waals surface area (Å²) in [6, 6.07) is 1.86. The highest BCUT2D eigenvalue weighted by Crippen LogP contribution is 2.39. The maximum Gasteiger partial charge on any atom is 0.274 e. The quantitative estimate of drug-likeness (QED) is 0.790. The Bertz CT molecular complexity index is 728. The lowest BCUT2D eigenvalue weighted by molar-refractivity contribution is -0.133. The van der Waals surface area contributed by atoms with Gasteiger partial charge in [-0.1, -0.05) is 0 Å². The van der Waals surface area contributed by atoms with Crippen LogP contribution in [-0.2, 0) is 11.3 Å². The Morgan fingerprint density at radius 3 is 2.58 bits per heavy atom. The molecule has 10 heteroatoms. The number of nitrogens with zero attached hydrogens (tertiary/aromatic N) is 7. The highest BCUT2D eigenvalue weighted by Gasteiger charge is 2.29. The SMILES string of the molecule is O=C(Cn1cnnn1)N1CCN(C(=O)c2cc(C3CC3)[nH]n2)CC1. The number of hydrogen-bond donors (Lipinski definition) is 1. The van der Waals surface area contributed by atoms with Gasteiger partial charge >= 0.3 is 0 Å². The number of aromatic amines is 1. The van der Waals surface area contributed by atoms with E-state index in [0.717, 1.165) is 18.5 Å². The molecule has 2 fully saturated rings. The van der Waals surface area contributed by atoms with Crippen molar-refractivity contribution in [2.45, 2.75) is 25.3 Å². The molecule has 1 N–H and O–H groups in total. The largest absolute Gasteiger partial charge is 0.338 e. The summed E-state index contributed by atoms with van der Waals surface area (Å²) in [5, 5.41) is 17.8. The summed E-state index contributed by atoms with van der Waals surface area (Å²) >= 11 is 0. The van der Waals surface area contributed by atoms with E-state index in [0.29, 0.717) is 37.8 Å². The summed E-state index contributed by atoms with van der Waals surface area (Å²) in [5.41, 5.74) is 1.51. The van der Waals surface area contributed by atoms with Crippen molar-refractivity contribution in [3.63, 3.8) is 0 Å². The number of hydrogen-bond acceptors (Lipinski definition) is 6. The maximum absolute atomic E-state index is 12.5. The van der Waals surface area contributed by atoms with E-state index in [2.05, 4.69) is 25.7 Å². The van der Waals surface area contributed by atoms with Crippen LogP contribution in [0.5, 0.6) is 0 Å². The van der Waals surface area contributed by atoms with Crippen molar-refractivity contribution in [2.24, 2.45) is 0 Å². The van der Waals surface area contributed by atoms with Crippen LogP contribution in [0.2, 0.25) is 0 Å². The third-order valence-corrected chi connectivity index (χ3v) is 4.44. The summed E-state index contributed by atoms with van der Waals surface area (Å²) in [4.78, 5) is 28.2. The van der Waals surface area contributed by atoms with Gasteiger partial charge in [-0.25, -0.2) is 4.68 Å². The van der Waals surface area contributed by atoms with Crippen LogP contribution >= 0.6 is 0 Å². The Balaban J connectivity index is 1.31. The van der Waals surface area contributed by atoms with Gasteiger partial charge in [-0.3, -0.25) is 14.7 Å². The highest BCUT2D eigenvalue weighted by molar-refractivity contribution is 5.92. The number of carbonyl (C=O) groups excluding carboxylic acids is 2. The molecule has 24 heavy (non-hydrogen) atoms. The standard InChI is InChI=1S/C14H18N8O2/c23-13(8-22-9-15-18-19-22)20-3-5-21(6-4-20)14(24)12-7-11(16-17-12)10-1-2-10/h7,9-10H,1-6,8H2,(H,16,17). The number of H-pyrrole nitrogens is 1. The number of aromatic nitrogens is 6. The Kier molecular flexibility index (Phi) is 3.71. The van der Waals surface area contributed by atoms with Gasteiger partial charge in [-0.2, -0.15) is 5.10 Å². The molecular weight excluding hydrogens is 312 g/mol. The molecule has 126 valence electrons. The molecule has 1 aliphatic carbocycles. The van der Waals surface area contributed by atoms with Crippen LogP contribution < -0.4 is 0 Å². The molecule has 3 heterocycles. The summed E-state index contributed by atoms with van der Waals surface area (Å²) < 4.78 is 1.39. The highest BCUT2D eigenvalue weighted by atomic mass is 16.2. The van der Waals surface area contributed by atoms with Crippen LogP contribution in [0, 0.1) is 0 Å². The van der Waals surface area contributed by atoms with Crippen molar-refractivity contribution in [2.75, 3.05) is 26.2 Å². The summed E-state index contributed by atoms with van der Waals surface area (Å²) in [5.74, 6) is 0.413. The van der Waals surface area contributed by atoms with E-state index < -0.39 is 0 Å². The van der Waals surface area contributed by atoms with Gasteiger partial charge in [0.1, 0.15) is 18.6 Å². The maximum atomic E-state index is 12.5. The number of amides is 2. The third kappa shape index (κ3) is 2.99. The van der Waals surface area contributed by atoms with Crippen LogP contribution in [-0.4, -0.2) is 78.2 Å². The molecule has 1 saturated heterocycles. The van der Waals surface area contributed by atoms with E-state index in [1.807, 2.05) is 6.07 Å². The molecule has 0 unspecified atom stereocenters. The van der Waals surface area contributed by atoms with Gasteiger partial charge in [-0.15, -0.1) is 5.10 Å². The summed E-state index contributed by atoms with van der Waals surface area (Å²) in [7, 11) is 0. The molecule has 0 radical (unpaired) electrons. The molecule has 4 rings (SSSR count). The van der Waals surface area contributed by atoms with E-state index in [1.54, 1.807) is 9.80 Å². The molecule has 2 aliphatic rings. The number of rotatable bonds is 4. The Morgan fingerprint density at radius 2 is 1.92 bits per heavy atom. The minimum absolute atomic E-state index is 0.0508. The van der Waals surface area contributed by atoms with Gasteiger partial charge in [0, 0.05) is 37.8 Å². The lowest BCUT2D eigenvalue weighted by Crippen LogP contribution is -2.51. The van der Waals surface area contributed by atoms with E-state index in [9.17, 15) is 9.59 Å². The van der Waals surface area contributed by atoms with Crippen LogP contribution in [0.1, 0.15) is 34.9 Å². The fourth-order valence-electron chi connectivity index (χ4n) is 2.86. The number of piperazine rings is 1. The second-order valence-electron chi connectivity index (χ2n) is 6.16. The first-order valence-corrected chi connectivity index (χ1v) is 8.04. The fraction of sp³-hybridized carbons (Fsp3) is 0.571. The second kappa shape index (κ2) is 6.02. The molecule has 0 atom stereocenters. The molecule has 0 bridgehead atoms. The van der Waals surface area contributed by atoms with Gasteiger partial charge in [0.2, 0.25) is 5.91 Å². The van der Waals surface area contributed by atoms with E-state index in [4.69, 9.17) is 0 Å². The van der Waals surface area contributed by atoms with Crippen molar-refractivity contribution in [3.05, 3.63) is 23.8 Å². The van der Waals surface area contributed by atoms with Gasteiger partial charge in [-0.05, 0) is 29.3 Å². The summed E-state index contributed by atoms with van der Waals surface area (Å²) in [6.45, 7) is 2.14. The predicted octanol–water partition coefficient (Wildman–Crippen LogP) is -0.742. The van der Waals surface area contributed by atoms with E-state index >= 15 is 0 Å². The molecule has 2 aromatic rings. The molecule has 0 aromatic carbocycles. The average Bonchev–Trinajstić information content (AvgIpc) is 3.11. The number of carbonyl (C=O) groups is 2. The van der Waals surface area contributed by atoms with Crippen LogP contribution in [0.25, 0.3) is 0 Å². The molecule has 10 nitrogen and oxygen atoms in total. The van der Waals surface area contributed by atoms with Gasteiger partial charge in [0.05, 0.1) is 0 Å². The van der Waals surface area contributed by atoms with Crippen LogP contribution in [0.15, 0.2) is 12.4 Å². The molecule has 0 spiro atoms. The Morgan fingerprint density at radius 1 is 1.17 bits per heavy atom. The minimum Gasteiger partial charge on any atom is -0.338 e. The Labute approximate surface area is 137 Å². The molecule has 2 aromatic heterocycles. The summed E-state index contributed by atoms with van der Waals surface area (Å²) in [6.07, 6.45) is 3.74. The molecule has 1 saturated carbocycles. The zero-order chi connectivity index (χ0) is 16.5. The number of tetrazole rings is 1. The van der Waals surface area contributed by atoms with Crippen molar-refractivity contribution < 1.29 is 9.59 Å². The van der Waals surface area contributed by atoms with Crippen molar-refractivity contribution in [1.82, 2.24) is 40.2 Å². The lowest BCUT2D eigenvalue weighted by Gasteiger charge is -2.34. The lowest BCUT2D eigenvalue weighted by atomic mass is 10.2. The zero-order valence-electron chi connectivity index (χ0n) is 13.1. The van der Waals surface area contributed by atoms with Gasteiger partial charge in [0.15, 0.2) is 0 Å². The smallest absolute Gasteiger partial charge is 0.274 e. The normalized spacial score (nSPS) is 18.0. The molecule has 2 amide bonds. The monoisotopic (exact) mass is 330 g/mol. The minimum atomic E-state index is -0.0780. The van der Waals surface area contributed by atoms with Crippen molar-refractivity contribution >= 4 is 11.8 Å². The molecular formula is C14H18N8O2. The average molecular weight is 330 g/mol. The fourth-order valence-corrected chi connectivity index (χ4v) is 2.86. The van der Waals surface area contributed by atoms with E-state index in [-0.39, 0.29) is 18.4 Å². The topological polar surface area (TPSA) is 113 Å².